The maximum atomic E-state index is 12.9. The largest absolute Gasteiger partial charge is 0.487 e. The van der Waals surface area contributed by atoms with Crippen molar-refractivity contribution in [3.05, 3.63) is 63.9 Å². The van der Waals surface area contributed by atoms with Crippen LogP contribution < -0.4 is 10.1 Å². The molecule has 1 N–H and O–H groups in total. The van der Waals surface area contributed by atoms with E-state index in [4.69, 9.17) is 16.3 Å². The summed E-state index contributed by atoms with van der Waals surface area (Å²) in [6, 6.07) is 10.3. The zero-order valence-electron chi connectivity index (χ0n) is 11.7. The van der Waals surface area contributed by atoms with Gasteiger partial charge >= 0.3 is 0 Å². The van der Waals surface area contributed by atoms with E-state index in [0.29, 0.717) is 11.6 Å². The minimum absolute atomic E-state index is 0.239. The summed E-state index contributed by atoms with van der Waals surface area (Å²) in [5, 5.41) is 4.02. The van der Waals surface area contributed by atoms with E-state index in [-0.39, 0.29) is 5.82 Å². The minimum atomic E-state index is -0.239. The van der Waals surface area contributed by atoms with Crippen molar-refractivity contribution < 1.29 is 9.13 Å². The molecule has 0 saturated heterocycles. The monoisotopic (exact) mass is 305 g/mol. The minimum Gasteiger partial charge on any atom is -0.487 e. The highest BCUT2D eigenvalue weighted by atomic mass is 35.5. The van der Waals surface area contributed by atoms with E-state index in [1.54, 1.807) is 12.1 Å². The average molecular weight is 306 g/mol. The molecule has 2 aromatic carbocycles. The summed E-state index contributed by atoms with van der Waals surface area (Å²) < 4.78 is 18.8. The first kappa shape index (κ1) is 14.4. The molecule has 1 aliphatic rings. The Morgan fingerprint density at radius 3 is 2.62 bits per heavy atom. The van der Waals surface area contributed by atoms with Gasteiger partial charge in [0.2, 0.25) is 0 Å². The van der Waals surface area contributed by atoms with Gasteiger partial charge in [0.05, 0.1) is 5.02 Å². The Morgan fingerprint density at radius 1 is 1.05 bits per heavy atom. The van der Waals surface area contributed by atoms with E-state index in [2.05, 4.69) is 11.4 Å². The van der Waals surface area contributed by atoms with Crippen LogP contribution in [0, 0.1) is 5.82 Å². The molecule has 0 aromatic heterocycles. The van der Waals surface area contributed by atoms with Gasteiger partial charge in [-0.1, -0.05) is 29.8 Å². The highest BCUT2D eigenvalue weighted by Gasteiger charge is 2.16. The van der Waals surface area contributed by atoms with Gasteiger partial charge in [0, 0.05) is 5.56 Å². The van der Waals surface area contributed by atoms with Crippen LogP contribution in [0.4, 0.5) is 4.39 Å². The smallest absolute Gasteiger partial charge is 0.141 e. The molecule has 0 amide bonds. The maximum absolute atomic E-state index is 12.9. The average Bonchev–Trinajstić information content (AvgIpc) is 2.73. The van der Waals surface area contributed by atoms with Crippen LogP contribution in [0.25, 0.3) is 0 Å². The third-order valence-electron chi connectivity index (χ3n) is 3.73. The molecular weight excluding hydrogens is 289 g/mol. The third-order valence-corrected chi connectivity index (χ3v) is 4.03. The number of rotatable bonds is 3. The molecule has 110 valence electrons. The van der Waals surface area contributed by atoms with Crippen LogP contribution >= 0.6 is 11.6 Å². The van der Waals surface area contributed by atoms with E-state index in [9.17, 15) is 4.39 Å². The second-order valence-corrected chi connectivity index (χ2v) is 5.59. The van der Waals surface area contributed by atoms with Crippen molar-refractivity contribution >= 4 is 11.6 Å². The number of ether oxygens (including phenoxy) is 1. The third kappa shape index (κ3) is 3.36. The van der Waals surface area contributed by atoms with Gasteiger partial charge in [-0.15, -0.1) is 0 Å². The lowest BCUT2D eigenvalue weighted by Gasteiger charge is -2.15. The SMILES string of the molecule is Fc1ccc(COc2c(Cl)ccc3c2CCNCC3)cc1. The second kappa shape index (κ2) is 6.46. The summed E-state index contributed by atoms with van der Waals surface area (Å²) in [5.74, 6) is 0.527. The molecule has 1 aliphatic heterocycles. The predicted octanol–water partition coefficient (Wildman–Crippen LogP) is 3.75. The quantitative estimate of drug-likeness (QED) is 0.932. The molecule has 1 heterocycles. The molecule has 0 aliphatic carbocycles. The Labute approximate surface area is 128 Å². The Kier molecular flexibility index (Phi) is 4.42. The number of halogens is 2. The van der Waals surface area contributed by atoms with E-state index >= 15 is 0 Å². The number of nitrogens with one attached hydrogen (secondary N) is 1. The Morgan fingerprint density at radius 2 is 1.81 bits per heavy atom. The molecule has 0 radical (unpaired) electrons. The van der Waals surface area contributed by atoms with Crippen molar-refractivity contribution in [1.82, 2.24) is 5.32 Å². The molecule has 0 fully saturated rings. The summed E-state index contributed by atoms with van der Waals surface area (Å²) in [4.78, 5) is 0. The first-order valence-electron chi connectivity index (χ1n) is 7.12. The number of fused-ring (bicyclic) bond motifs is 1. The van der Waals surface area contributed by atoms with Crippen molar-refractivity contribution in [2.24, 2.45) is 0 Å². The molecular formula is C17H17ClFNO. The first-order chi connectivity index (χ1) is 10.2. The molecule has 3 rings (SSSR count). The van der Waals surface area contributed by atoms with E-state index < -0.39 is 0 Å². The molecule has 2 aromatic rings. The van der Waals surface area contributed by atoms with Gasteiger partial charge in [-0.3, -0.25) is 0 Å². The van der Waals surface area contributed by atoms with Crippen LogP contribution in [0.1, 0.15) is 16.7 Å². The fourth-order valence-electron chi connectivity index (χ4n) is 2.60. The highest BCUT2D eigenvalue weighted by molar-refractivity contribution is 6.32. The highest BCUT2D eigenvalue weighted by Crippen LogP contribution is 2.33. The number of hydrogen-bond donors (Lipinski definition) is 1. The van der Waals surface area contributed by atoms with E-state index in [0.717, 1.165) is 37.2 Å². The molecule has 0 saturated carbocycles. The number of benzene rings is 2. The van der Waals surface area contributed by atoms with Crippen LogP contribution in [-0.4, -0.2) is 13.1 Å². The fourth-order valence-corrected chi connectivity index (χ4v) is 2.83. The maximum Gasteiger partial charge on any atom is 0.141 e. The predicted molar refractivity (Wildman–Crippen MR) is 82.5 cm³/mol. The molecule has 0 bridgehead atoms. The van der Waals surface area contributed by atoms with Crippen LogP contribution in [0.2, 0.25) is 5.02 Å². The van der Waals surface area contributed by atoms with Gasteiger partial charge in [-0.2, -0.15) is 0 Å². The van der Waals surface area contributed by atoms with Crippen LogP contribution in [0.3, 0.4) is 0 Å². The Hall–Kier alpha value is -1.58. The summed E-state index contributed by atoms with van der Waals surface area (Å²) >= 11 is 6.30. The topological polar surface area (TPSA) is 21.3 Å². The van der Waals surface area contributed by atoms with Crippen LogP contribution in [-0.2, 0) is 19.4 Å². The van der Waals surface area contributed by atoms with Gasteiger partial charge in [-0.05, 0) is 55.3 Å². The molecule has 21 heavy (non-hydrogen) atoms. The van der Waals surface area contributed by atoms with E-state index in [1.165, 1.54) is 23.3 Å². The second-order valence-electron chi connectivity index (χ2n) is 5.18. The van der Waals surface area contributed by atoms with Gasteiger partial charge in [-0.25, -0.2) is 4.39 Å². The van der Waals surface area contributed by atoms with Crippen LogP contribution in [0.5, 0.6) is 5.75 Å². The molecule has 4 heteroatoms. The summed E-state index contributed by atoms with van der Waals surface area (Å²) in [6.07, 6.45) is 1.90. The zero-order chi connectivity index (χ0) is 14.7. The molecule has 2 nitrogen and oxygen atoms in total. The van der Waals surface area contributed by atoms with Crippen molar-refractivity contribution in [2.45, 2.75) is 19.4 Å². The van der Waals surface area contributed by atoms with Gasteiger partial charge in [0.25, 0.3) is 0 Å². The standard InChI is InChI=1S/C17H17ClFNO/c18-16-6-3-13-7-9-20-10-8-15(13)17(16)21-11-12-1-4-14(19)5-2-12/h1-6,20H,7-11H2. The van der Waals surface area contributed by atoms with Gasteiger partial charge in [0.15, 0.2) is 0 Å². The lowest BCUT2D eigenvalue weighted by atomic mass is 10.0. The van der Waals surface area contributed by atoms with Crippen molar-refractivity contribution in [2.75, 3.05) is 13.1 Å². The zero-order valence-corrected chi connectivity index (χ0v) is 12.4. The summed E-state index contributed by atoms with van der Waals surface area (Å²) in [7, 11) is 0. The van der Waals surface area contributed by atoms with E-state index in [1.807, 2.05) is 6.07 Å². The summed E-state index contributed by atoms with van der Waals surface area (Å²) in [5.41, 5.74) is 3.41. The van der Waals surface area contributed by atoms with Gasteiger partial charge < -0.3 is 10.1 Å². The Bertz CT molecular complexity index is 627. The fraction of sp³-hybridized carbons (Fsp3) is 0.294. The lowest BCUT2D eigenvalue weighted by Crippen LogP contribution is -2.16. The first-order valence-corrected chi connectivity index (χ1v) is 7.50. The lowest BCUT2D eigenvalue weighted by molar-refractivity contribution is 0.302. The van der Waals surface area contributed by atoms with Gasteiger partial charge in [0.1, 0.15) is 18.2 Å². The summed E-state index contributed by atoms with van der Waals surface area (Å²) in [6.45, 7) is 2.30. The van der Waals surface area contributed by atoms with Crippen molar-refractivity contribution in [3.8, 4) is 5.75 Å². The Balaban J connectivity index is 1.82. The van der Waals surface area contributed by atoms with Crippen LogP contribution in [0.15, 0.2) is 36.4 Å². The number of hydrogen-bond acceptors (Lipinski definition) is 2. The normalized spacial score (nSPS) is 14.4. The van der Waals surface area contributed by atoms with Crippen molar-refractivity contribution in [3.63, 3.8) is 0 Å². The molecule has 0 unspecified atom stereocenters. The van der Waals surface area contributed by atoms with Crippen molar-refractivity contribution in [1.29, 1.82) is 0 Å². The molecule has 0 atom stereocenters. The molecule has 0 spiro atoms.